The third kappa shape index (κ3) is 14.7. The van der Waals surface area contributed by atoms with Crippen molar-refractivity contribution in [2.45, 2.75) is 65.5 Å². The predicted octanol–water partition coefficient (Wildman–Crippen LogP) is -3.53. The molecule has 0 aromatic carbocycles. The summed E-state index contributed by atoms with van der Waals surface area (Å²) in [4.78, 5) is 113. The van der Waals surface area contributed by atoms with Gasteiger partial charge in [0.05, 0.1) is 0 Å². The van der Waals surface area contributed by atoms with E-state index < -0.39 is 65.4 Å². The zero-order chi connectivity index (χ0) is 31.9. The first kappa shape index (κ1) is 36.1. The molecule has 0 aromatic heterocycles. The Hall–Kier alpha value is -4.94. The van der Waals surface area contributed by atoms with Gasteiger partial charge in [-0.25, -0.2) is 9.59 Å². The summed E-state index contributed by atoms with van der Waals surface area (Å²) >= 11 is 0. The lowest BCUT2D eigenvalue weighted by atomic mass is 10.3. The van der Waals surface area contributed by atoms with Crippen LogP contribution in [0.1, 0.15) is 53.4 Å². The molecule has 0 radical (unpaired) electrons. The van der Waals surface area contributed by atoms with Gasteiger partial charge in [0.2, 0.25) is 23.6 Å². The van der Waals surface area contributed by atoms with E-state index in [0.29, 0.717) is 5.06 Å². The quantitative estimate of drug-likeness (QED) is 0.113. The van der Waals surface area contributed by atoms with E-state index >= 15 is 0 Å². The van der Waals surface area contributed by atoms with Crippen molar-refractivity contribution in [2.24, 2.45) is 0 Å². The fourth-order valence-corrected chi connectivity index (χ4v) is 2.75. The molecule has 2 aliphatic heterocycles. The van der Waals surface area contributed by atoms with E-state index in [2.05, 4.69) is 26.1 Å². The van der Waals surface area contributed by atoms with Crippen LogP contribution in [-0.4, -0.2) is 105 Å². The largest absolute Gasteiger partial charge is 0.480 e. The molecule has 2 atom stereocenters. The molecule has 0 aliphatic carbocycles. The highest BCUT2D eigenvalue weighted by Crippen LogP contribution is 2.12. The second kappa shape index (κ2) is 17.6. The van der Waals surface area contributed by atoms with Gasteiger partial charge >= 0.3 is 11.9 Å². The fraction of sp³-hybridized carbons (Fsp3) is 0.545. The number of aliphatic carboxylic acids is 1. The molecular formula is C22H32N6O13. The number of hydroxylamine groups is 4. The first-order valence-electron chi connectivity index (χ1n) is 11.8. The zero-order valence-electron chi connectivity index (χ0n) is 22.7. The van der Waals surface area contributed by atoms with Crippen molar-refractivity contribution in [2.75, 3.05) is 13.1 Å². The summed E-state index contributed by atoms with van der Waals surface area (Å²) in [6.07, 6.45) is 0.246. The van der Waals surface area contributed by atoms with Crippen molar-refractivity contribution in [1.29, 1.82) is 0 Å². The Morgan fingerprint density at radius 1 is 0.683 bits per heavy atom. The summed E-state index contributed by atoms with van der Waals surface area (Å²) in [6, 6.07) is -2.25. The first-order valence-corrected chi connectivity index (χ1v) is 11.8. The van der Waals surface area contributed by atoms with Gasteiger partial charge in [0, 0.05) is 66.5 Å². The van der Waals surface area contributed by atoms with Crippen LogP contribution < -0.4 is 21.3 Å². The number of nitrogens with zero attached hydrogens (tertiary/aromatic N) is 2. The Balaban J connectivity index is 0.000000649. The lowest BCUT2D eigenvalue weighted by Gasteiger charge is -2.19. The number of carboxylic acid groups (broad SMARTS) is 1. The predicted molar refractivity (Wildman–Crippen MR) is 130 cm³/mol. The van der Waals surface area contributed by atoms with Gasteiger partial charge < -0.3 is 31.2 Å². The fourth-order valence-electron chi connectivity index (χ4n) is 2.75. The summed E-state index contributed by atoms with van der Waals surface area (Å²) in [5, 5.41) is 26.6. The van der Waals surface area contributed by atoms with E-state index in [9.17, 15) is 47.9 Å². The molecule has 228 valence electrons. The van der Waals surface area contributed by atoms with Crippen LogP contribution >= 0.6 is 0 Å². The number of nitrogens with one attached hydrogen (secondary N) is 4. The molecule has 2 aliphatic rings. The number of hydrogen-bond acceptors (Lipinski definition) is 12. The van der Waals surface area contributed by atoms with Crippen molar-refractivity contribution in [3.63, 3.8) is 0 Å². The van der Waals surface area contributed by atoms with Gasteiger partial charge in [-0.3, -0.25) is 43.6 Å². The lowest BCUT2D eigenvalue weighted by molar-refractivity contribution is -0.199. The van der Waals surface area contributed by atoms with Crippen LogP contribution in [0, 0.1) is 0 Å². The van der Waals surface area contributed by atoms with E-state index in [-0.39, 0.29) is 49.7 Å². The van der Waals surface area contributed by atoms with Gasteiger partial charge in [0.1, 0.15) is 12.1 Å². The summed E-state index contributed by atoms with van der Waals surface area (Å²) in [6.45, 7) is 4.59. The maximum Gasteiger partial charge on any atom is 0.357 e. The summed E-state index contributed by atoms with van der Waals surface area (Å²) in [7, 11) is 0. The second-order valence-corrected chi connectivity index (χ2v) is 8.31. The Bertz CT molecular complexity index is 1040. The average molecular weight is 589 g/mol. The average Bonchev–Trinajstić information content (AvgIpc) is 3.34. The van der Waals surface area contributed by atoms with Crippen molar-refractivity contribution in [3.05, 3.63) is 0 Å². The molecule has 2 fully saturated rings. The van der Waals surface area contributed by atoms with E-state index in [1.54, 1.807) is 0 Å². The summed E-state index contributed by atoms with van der Waals surface area (Å²) < 4.78 is 0. The Morgan fingerprint density at radius 2 is 1.05 bits per heavy atom. The van der Waals surface area contributed by atoms with Gasteiger partial charge in [0.25, 0.3) is 23.6 Å². The van der Waals surface area contributed by atoms with Gasteiger partial charge in [-0.15, -0.1) is 5.06 Å². The van der Waals surface area contributed by atoms with Crippen LogP contribution in [0.5, 0.6) is 0 Å². The number of carbonyl (C=O) groups excluding carboxylic acids is 9. The standard InChI is InChI=1S/C11H15N3O6.C7H12N2O4.C4H5NO3/c1-6(15)12-5-8(13-7(2)16)11(19)20-14-9(17)3-4-10(14)18;1-4(10)8-3-6(7(12)13)9-5(2)11;6-3-1-2-4(7)5(3)8/h8H,3-5H2,1-2H3,(H,12,15)(H,13,16);6H,3H2,1-2H3,(H,8,10)(H,9,11)(H,12,13);8H,1-2H2. The number of imide groups is 2. The number of carboxylic acids is 1. The second-order valence-electron chi connectivity index (χ2n) is 8.31. The molecule has 2 unspecified atom stereocenters. The van der Waals surface area contributed by atoms with E-state index in [1.807, 2.05) is 0 Å². The molecule has 8 amide bonds. The molecule has 0 aromatic rings. The smallest absolute Gasteiger partial charge is 0.357 e. The molecule has 2 rings (SSSR count). The Morgan fingerprint density at radius 3 is 1.37 bits per heavy atom. The monoisotopic (exact) mass is 588 g/mol. The molecule has 0 saturated carbocycles. The van der Waals surface area contributed by atoms with Crippen LogP contribution in [0.4, 0.5) is 0 Å². The molecule has 2 saturated heterocycles. The molecule has 41 heavy (non-hydrogen) atoms. The van der Waals surface area contributed by atoms with Gasteiger partial charge in [0.15, 0.2) is 0 Å². The van der Waals surface area contributed by atoms with Crippen molar-refractivity contribution in [1.82, 2.24) is 31.4 Å². The molecule has 19 heteroatoms. The molecular weight excluding hydrogens is 556 g/mol. The van der Waals surface area contributed by atoms with Crippen LogP contribution in [-0.2, 0) is 52.8 Å². The minimum Gasteiger partial charge on any atom is -0.480 e. The molecule has 0 bridgehead atoms. The number of carbonyl (C=O) groups is 10. The highest BCUT2D eigenvalue weighted by Gasteiger charge is 2.35. The van der Waals surface area contributed by atoms with Gasteiger partial charge in [-0.05, 0) is 0 Å². The molecule has 2 heterocycles. The maximum absolute atomic E-state index is 11.8. The molecule has 0 spiro atoms. The normalized spacial score (nSPS) is 15.3. The van der Waals surface area contributed by atoms with E-state index in [4.69, 9.17) is 10.3 Å². The zero-order valence-corrected chi connectivity index (χ0v) is 22.7. The van der Waals surface area contributed by atoms with E-state index in [0.717, 1.165) is 0 Å². The third-order valence-electron chi connectivity index (χ3n) is 4.66. The topological polar surface area (TPSA) is 275 Å². The van der Waals surface area contributed by atoms with Crippen LogP contribution in [0.15, 0.2) is 0 Å². The number of hydrogen-bond donors (Lipinski definition) is 6. The van der Waals surface area contributed by atoms with Gasteiger partial charge in [-0.1, -0.05) is 0 Å². The molecule has 19 nitrogen and oxygen atoms in total. The highest BCUT2D eigenvalue weighted by atomic mass is 16.7. The van der Waals surface area contributed by atoms with Gasteiger partial charge in [-0.2, -0.15) is 5.06 Å². The summed E-state index contributed by atoms with van der Waals surface area (Å²) in [5.74, 6) is -6.13. The number of amides is 8. The molecule has 6 N–H and O–H groups in total. The Kier molecular flexibility index (Phi) is 15.5. The van der Waals surface area contributed by atoms with Crippen LogP contribution in [0.25, 0.3) is 0 Å². The van der Waals surface area contributed by atoms with Crippen molar-refractivity contribution in [3.8, 4) is 0 Å². The maximum atomic E-state index is 11.8. The highest BCUT2D eigenvalue weighted by molar-refractivity contribution is 6.02. The minimum absolute atomic E-state index is 0.0252. The van der Waals surface area contributed by atoms with Crippen LogP contribution in [0.2, 0.25) is 0 Å². The minimum atomic E-state index is -1.18. The number of rotatable bonds is 9. The van der Waals surface area contributed by atoms with Crippen molar-refractivity contribution < 1.29 is 63.1 Å². The van der Waals surface area contributed by atoms with Crippen LogP contribution in [0.3, 0.4) is 0 Å². The summed E-state index contributed by atoms with van der Waals surface area (Å²) in [5.41, 5.74) is 0. The third-order valence-corrected chi connectivity index (χ3v) is 4.66. The SMILES string of the molecule is CC(=O)NCC(NC(C)=O)C(=O)O.CC(=O)NCC(NC(C)=O)C(=O)ON1C(=O)CCC1=O.O=C1CCC(=O)N1O. The lowest BCUT2D eigenvalue weighted by Crippen LogP contribution is -2.50. The van der Waals surface area contributed by atoms with Crippen molar-refractivity contribution >= 4 is 59.2 Å². The van der Waals surface area contributed by atoms with E-state index in [1.165, 1.54) is 27.7 Å². The first-order chi connectivity index (χ1) is 19.0. The Labute approximate surface area is 232 Å².